The van der Waals surface area contributed by atoms with E-state index < -0.39 is 18.9 Å². The minimum absolute atomic E-state index is 0.0308. The van der Waals surface area contributed by atoms with Gasteiger partial charge >= 0.3 is 5.97 Å². The first kappa shape index (κ1) is 11.3. The lowest BCUT2D eigenvalue weighted by Crippen LogP contribution is -2.13. The molecule has 0 bridgehead atoms. The highest BCUT2D eigenvalue weighted by atomic mass is 19.3. The van der Waals surface area contributed by atoms with Crippen LogP contribution < -0.4 is 5.32 Å². The van der Waals surface area contributed by atoms with E-state index in [1.807, 2.05) is 0 Å². The monoisotopic (exact) mass is 217 g/mol. The molecular formula is C8H9F2N3O2. The van der Waals surface area contributed by atoms with Gasteiger partial charge in [-0.05, 0) is 0 Å². The molecule has 0 aliphatic heterocycles. The standard InChI is InChI=1S/C8H9F2N3O2/c1-15-8(14)5-2-11-4-7(13-5)12-3-6(9)10/h2,4,6H,3H2,1H3,(H,12,13). The first-order chi connectivity index (χ1) is 7.13. The maximum absolute atomic E-state index is 11.8. The van der Waals surface area contributed by atoms with Gasteiger partial charge in [0.25, 0.3) is 6.43 Å². The molecule has 0 unspecified atom stereocenters. The number of aromatic nitrogens is 2. The van der Waals surface area contributed by atoms with Gasteiger partial charge in [-0.15, -0.1) is 0 Å². The minimum atomic E-state index is -2.49. The third kappa shape index (κ3) is 3.45. The first-order valence-electron chi connectivity index (χ1n) is 4.06. The fourth-order valence-corrected chi connectivity index (χ4v) is 0.836. The second-order valence-electron chi connectivity index (χ2n) is 2.55. The molecular weight excluding hydrogens is 208 g/mol. The number of nitrogens with one attached hydrogen (secondary N) is 1. The van der Waals surface area contributed by atoms with Crippen molar-refractivity contribution in [3.05, 3.63) is 18.1 Å². The summed E-state index contributed by atoms with van der Waals surface area (Å²) in [5.74, 6) is -0.554. The molecule has 0 saturated carbocycles. The molecule has 0 radical (unpaired) electrons. The molecule has 1 N–H and O–H groups in total. The molecule has 0 fully saturated rings. The zero-order valence-electron chi connectivity index (χ0n) is 7.91. The summed E-state index contributed by atoms with van der Waals surface area (Å²) >= 11 is 0. The number of carbonyl (C=O) groups excluding carboxylic acids is 1. The summed E-state index contributed by atoms with van der Waals surface area (Å²) in [5, 5.41) is 2.33. The van der Waals surface area contributed by atoms with Crippen molar-refractivity contribution in [2.45, 2.75) is 6.43 Å². The average molecular weight is 217 g/mol. The molecule has 1 rings (SSSR count). The van der Waals surface area contributed by atoms with Crippen LogP contribution in [-0.4, -0.2) is 36.0 Å². The van der Waals surface area contributed by atoms with Gasteiger partial charge in [-0.3, -0.25) is 4.98 Å². The lowest BCUT2D eigenvalue weighted by Gasteiger charge is -2.04. The van der Waals surface area contributed by atoms with Gasteiger partial charge < -0.3 is 10.1 Å². The number of hydrogen-bond acceptors (Lipinski definition) is 5. The number of methoxy groups -OCH3 is 1. The molecule has 0 aliphatic carbocycles. The summed E-state index contributed by atoms with van der Waals surface area (Å²) in [6.45, 7) is -0.542. The predicted octanol–water partition coefficient (Wildman–Crippen LogP) is 0.940. The normalized spacial score (nSPS) is 10.1. The Balaban J connectivity index is 2.70. The van der Waals surface area contributed by atoms with E-state index in [0.29, 0.717) is 0 Å². The number of halogens is 2. The zero-order valence-corrected chi connectivity index (χ0v) is 7.91. The molecule has 82 valence electrons. The molecule has 0 atom stereocenters. The summed E-state index contributed by atoms with van der Waals surface area (Å²) in [6, 6.07) is 0. The Kier molecular flexibility index (Phi) is 3.90. The highest BCUT2D eigenvalue weighted by Crippen LogP contribution is 2.04. The third-order valence-electron chi connectivity index (χ3n) is 1.47. The van der Waals surface area contributed by atoms with Crippen LogP contribution in [0.15, 0.2) is 12.4 Å². The molecule has 0 spiro atoms. The van der Waals surface area contributed by atoms with Gasteiger partial charge in [0.15, 0.2) is 5.69 Å². The number of esters is 1. The zero-order chi connectivity index (χ0) is 11.3. The largest absolute Gasteiger partial charge is 0.464 e. The van der Waals surface area contributed by atoms with E-state index in [4.69, 9.17) is 0 Å². The van der Waals surface area contributed by atoms with Crippen LogP contribution in [-0.2, 0) is 4.74 Å². The Morgan fingerprint density at radius 3 is 2.93 bits per heavy atom. The number of ether oxygens (including phenoxy) is 1. The van der Waals surface area contributed by atoms with Gasteiger partial charge in [0.1, 0.15) is 5.82 Å². The van der Waals surface area contributed by atoms with Crippen molar-refractivity contribution in [3.63, 3.8) is 0 Å². The van der Waals surface area contributed by atoms with Gasteiger partial charge in [-0.25, -0.2) is 18.6 Å². The van der Waals surface area contributed by atoms with Crippen LogP contribution in [0.2, 0.25) is 0 Å². The maximum atomic E-state index is 11.8. The van der Waals surface area contributed by atoms with E-state index >= 15 is 0 Å². The Labute approximate surface area is 84.5 Å². The summed E-state index contributed by atoms with van der Waals surface area (Å²) in [5.41, 5.74) is -0.0308. The fourth-order valence-electron chi connectivity index (χ4n) is 0.836. The fraction of sp³-hybridized carbons (Fsp3) is 0.375. The van der Waals surface area contributed by atoms with E-state index in [1.165, 1.54) is 19.5 Å². The molecule has 5 nitrogen and oxygen atoms in total. The summed E-state index contributed by atoms with van der Waals surface area (Å²) < 4.78 is 28.1. The summed E-state index contributed by atoms with van der Waals surface area (Å²) in [4.78, 5) is 18.4. The third-order valence-corrected chi connectivity index (χ3v) is 1.47. The van der Waals surface area contributed by atoms with Crippen molar-refractivity contribution in [2.75, 3.05) is 19.0 Å². The van der Waals surface area contributed by atoms with Gasteiger partial charge in [0.05, 0.1) is 26.0 Å². The smallest absolute Gasteiger partial charge is 0.358 e. The molecule has 0 amide bonds. The van der Waals surface area contributed by atoms with Crippen molar-refractivity contribution in [2.24, 2.45) is 0 Å². The predicted molar refractivity (Wildman–Crippen MR) is 47.9 cm³/mol. The van der Waals surface area contributed by atoms with E-state index in [-0.39, 0.29) is 11.5 Å². The van der Waals surface area contributed by atoms with E-state index in [9.17, 15) is 13.6 Å². The Hall–Kier alpha value is -1.79. The van der Waals surface area contributed by atoms with Crippen LogP contribution in [0, 0.1) is 0 Å². The van der Waals surface area contributed by atoms with Crippen LogP contribution >= 0.6 is 0 Å². The molecule has 1 aromatic rings. The Morgan fingerprint density at radius 2 is 2.33 bits per heavy atom. The van der Waals surface area contributed by atoms with Crippen LogP contribution in [0.25, 0.3) is 0 Å². The number of alkyl halides is 2. The molecule has 0 aromatic carbocycles. The maximum Gasteiger partial charge on any atom is 0.358 e. The molecule has 15 heavy (non-hydrogen) atoms. The topological polar surface area (TPSA) is 64.1 Å². The van der Waals surface area contributed by atoms with E-state index in [1.54, 1.807) is 0 Å². The molecule has 0 aliphatic rings. The van der Waals surface area contributed by atoms with Crippen molar-refractivity contribution in [3.8, 4) is 0 Å². The van der Waals surface area contributed by atoms with Crippen LogP contribution in [0.5, 0.6) is 0 Å². The Morgan fingerprint density at radius 1 is 1.60 bits per heavy atom. The number of anilines is 1. The number of nitrogens with zero attached hydrogens (tertiary/aromatic N) is 2. The minimum Gasteiger partial charge on any atom is -0.464 e. The number of hydrogen-bond donors (Lipinski definition) is 1. The number of rotatable bonds is 4. The van der Waals surface area contributed by atoms with E-state index in [0.717, 1.165) is 0 Å². The lowest BCUT2D eigenvalue weighted by atomic mass is 10.4. The van der Waals surface area contributed by atoms with Crippen LogP contribution in [0.1, 0.15) is 10.5 Å². The van der Waals surface area contributed by atoms with Gasteiger partial charge in [-0.2, -0.15) is 0 Å². The molecule has 1 aromatic heterocycles. The highest BCUT2D eigenvalue weighted by molar-refractivity contribution is 5.87. The van der Waals surface area contributed by atoms with Gasteiger partial charge in [0.2, 0.25) is 0 Å². The van der Waals surface area contributed by atoms with Crippen molar-refractivity contribution < 1.29 is 18.3 Å². The molecule has 0 saturated heterocycles. The second kappa shape index (κ2) is 5.18. The Bertz CT molecular complexity index is 346. The lowest BCUT2D eigenvalue weighted by molar-refractivity contribution is 0.0593. The summed E-state index contributed by atoms with van der Waals surface area (Å²) in [7, 11) is 1.20. The van der Waals surface area contributed by atoms with Crippen molar-refractivity contribution in [1.29, 1.82) is 0 Å². The van der Waals surface area contributed by atoms with Crippen LogP contribution in [0.4, 0.5) is 14.6 Å². The SMILES string of the molecule is COC(=O)c1cncc(NCC(F)F)n1. The summed E-state index contributed by atoms with van der Waals surface area (Å²) in [6.07, 6.45) is -0.0534. The second-order valence-corrected chi connectivity index (χ2v) is 2.55. The van der Waals surface area contributed by atoms with Crippen molar-refractivity contribution >= 4 is 11.8 Å². The van der Waals surface area contributed by atoms with Crippen LogP contribution in [0.3, 0.4) is 0 Å². The molecule has 7 heteroatoms. The number of carbonyl (C=O) groups is 1. The first-order valence-corrected chi connectivity index (χ1v) is 4.06. The average Bonchev–Trinajstić information content (AvgIpc) is 2.25. The molecule has 1 heterocycles. The highest BCUT2D eigenvalue weighted by Gasteiger charge is 2.09. The van der Waals surface area contributed by atoms with Gasteiger partial charge in [-0.1, -0.05) is 0 Å². The van der Waals surface area contributed by atoms with Gasteiger partial charge in [0, 0.05) is 0 Å². The van der Waals surface area contributed by atoms with Crippen molar-refractivity contribution in [1.82, 2.24) is 9.97 Å². The van der Waals surface area contributed by atoms with E-state index in [2.05, 4.69) is 20.0 Å². The quantitative estimate of drug-likeness (QED) is 0.760.